The first-order valence-electron chi connectivity index (χ1n) is 7.77. The molecule has 2 aliphatic rings. The van der Waals surface area contributed by atoms with Gasteiger partial charge in [0.15, 0.2) is 0 Å². The second-order valence-electron chi connectivity index (χ2n) is 5.87. The minimum Gasteiger partial charge on any atom is -0.356 e. The van der Waals surface area contributed by atoms with Gasteiger partial charge in [0.2, 0.25) is 10.0 Å². The molecule has 1 amide bonds. The zero-order valence-electron chi connectivity index (χ0n) is 13.5. The Bertz CT molecular complexity index is 673. The average molecular weight is 395 g/mol. The number of halogens is 1. The first-order valence-corrected chi connectivity index (χ1v) is 10.4. The van der Waals surface area contributed by atoms with Crippen LogP contribution < -0.4 is 5.32 Å². The summed E-state index contributed by atoms with van der Waals surface area (Å²) in [5.74, 6) is 1.48. The molecule has 2 N–H and O–H groups in total. The monoisotopic (exact) mass is 394 g/mol. The summed E-state index contributed by atoms with van der Waals surface area (Å²) in [5, 5.41) is 3.28. The summed E-state index contributed by atoms with van der Waals surface area (Å²) in [6, 6.07) is 1.71. The zero-order valence-corrected chi connectivity index (χ0v) is 16.0. The number of piperazine rings is 1. The number of hydrogen-bond acceptors (Lipinski definition) is 5. The number of nitrogens with one attached hydrogen (secondary N) is 2. The normalized spacial score (nSPS) is 22.9. The number of nitrogens with zero attached hydrogens (tertiary/aromatic N) is 2. The maximum Gasteiger partial charge on any atom is 0.270 e. The lowest BCUT2D eigenvalue weighted by molar-refractivity contribution is 0.0704. The number of carbonyl (C=O) groups is 1. The van der Waals surface area contributed by atoms with E-state index in [4.69, 9.17) is 0 Å². The van der Waals surface area contributed by atoms with E-state index in [0.717, 1.165) is 18.1 Å². The molecule has 10 heteroatoms. The van der Waals surface area contributed by atoms with Crippen LogP contribution in [0.1, 0.15) is 17.4 Å². The van der Waals surface area contributed by atoms with Crippen molar-refractivity contribution in [3.05, 3.63) is 18.0 Å². The van der Waals surface area contributed by atoms with E-state index in [0.29, 0.717) is 31.9 Å². The molecule has 3 heterocycles. The highest BCUT2D eigenvalue weighted by atomic mass is 35.5. The summed E-state index contributed by atoms with van der Waals surface area (Å²) >= 11 is 1.76. The fraction of sp³-hybridized carbons (Fsp3) is 0.643. The summed E-state index contributed by atoms with van der Waals surface area (Å²) in [6.07, 6.45) is 1.43. The summed E-state index contributed by atoms with van der Waals surface area (Å²) in [4.78, 5) is 17.3. The van der Waals surface area contributed by atoms with E-state index < -0.39 is 10.0 Å². The molecule has 1 aromatic rings. The van der Waals surface area contributed by atoms with Crippen molar-refractivity contribution in [1.82, 2.24) is 19.5 Å². The molecule has 1 unspecified atom stereocenters. The van der Waals surface area contributed by atoms with Crippen LogP contribution in [0.5, 0.6) is 0 Å². The smallest absolute Gasteiger partial charge is 0.270 e. The molecule has 136 valence electrons. The van der Waals surface area contributed by atoms with Crippen LogP contribution in [0.15, 0.2) is 17.2 Å². The van der Waals surface area contributed by atoms with Gasteiger partial charge < -0.3 is 15.2 Å². The van der Waals surface area contributed by atoms with E-state index in [-0.39, 0.29) is 29.3 Å². The first kappa shape index (κ1) is 19.6. The van der Waals surface area contributed by atoms with Crippen LogP contribution >= 0.6 is 24.2 Å². The number of carbonyl (C=O) groups excluding carboxylic acids is 1. The zero-order chi connectivity index (χ0) is 16.4. The highest BCUT2D eigenvalue weighted by Gasteiger charge is 2.29. The molecule has 24 heavy (non-hydrogen) atoms. The molecule has 0 spiro atoms. The minimum absolute atomic E-state index is 0. The topological polar surface area (TPSA) is 85.5 Å². The summed E-state index contributed by atoms with van der Waals surface area (Å²) in [6.45, 7) is 5.09. The van der Waals surface area contributed by atoms with Crippen molar-refractivity contribution in [3.63, 3.8) is 0 Å². The van der Waals surface area contributed by atoms with Crippen LogP contribution in [-0.4, -0.2) is 78.8 Å². The van der Waals surface area contributed by atoms with Gasteiger partial charge in [0.25, 0.3) is 5.91 Å². The van der Waals surface area contributed by atoms with E-state index >= 15 is 0 Å². The van der Waals surface area contributed by atoms with Crippen molar-refractivity contribution in [2.75, 3.05) is 44.2 Å². The number of thioether (sulfide) groups is 1. The maximum atomic E-state index is 12.6. The van der Waals surface area contributed by atoms with Crippen LogP contribution in [0.25, 0.3) is 0 Å². The third-order valence-corrected chi connectivity index (χ3v) is 6.97. The van der Waals surface area contributed by atoms with Crippen molar-refractivity contribution >= 4 is 40.1 Å². The fourth-order valence-electron chi connectivity index (χ4n) is 2.87. The molecule has 2 fully saturated rings. The van der Waals surface area contributed by atoms with Crippen molar-refractivity contribution < 1.29 is 13.2 Å². The van der Waals surface area contributed by atoms with Crippen molar-refractivity contribution in [1.29, 1.82) is 0 Å². The highest BCUT2D eigenvalue weighted by molar-refractivity contribution is 7.99. The Kier molecular flexibility index (Phi) is 6.60. The van der Waals surface area contributed by atoms with E-state index in [1.54, 1.807) is 16.7 Å². The number of aromatic nitrogens is 1. The third kappa shape index (κ3) is 4.08. The predicted molar refractivity (Wildman–Crippen MR) is 97.5 cm³/mol. The Morgan fingerprint density at radius 1 is 1.29 bits per heavy atom. The van der Waals surface area contributed by atoms with Gasteiger partial charge in [-0.2, -0.15) is 16.1 Å². The van der Waals surface area contributed by atoms with Gasteiger partial charge in [0.1, 0.15) is 10.6 Å². The number of aromatic amines is 1. The van der Waals surface area contributed by atoms with Gasteiger partial charge in [0, 0.05) is 56.5 Å². The lowest BCUT2D eigenvalue weighted by atomic mass is 10.2. The number of amides is 1. The Labute approximate surface area is 153 Å². The van der Waals surface area contributed by atoms with Crippen LogP contribution in [0, 0.1) is 0 Å². The highest BCUT2D eigenvalue weighted by Crippen LogP contribution is 2.21. The van der Waals surface area contributed by atoms with Gasteiger partial charge in [0.05, 0.1) is 0 Å². The Balaban J connectivity index is 0.00000208. The Hall–Kier alpha value is -0.740. The molecule has 1 atom stereocenters. The molecular weight excluding hydrogens is 372 g/mol. The minimum atomic E-state index is -3.51. The van der Waals surface area contributed by atoms with Crippen LogP contribution in [0.3, 0.4) is 0 Å². The second-order valence-corrected chi connectivity index (χ2v) is 9.03. The van der Waals surface area contributed by atoms with Gasteiger partial charge in [-0.3, -0.25) is 4.79 Å². The lowest BCUT2D eigenvalue weighted by Crippen LogP contribution is -2.51. The van der Waals surface area contributed by atoms with Crippen molar-refractivity contribution in [2.45, 2.75) is 17.9 Å². The second kappa shape index (κ2) is 8.09. The van der Waals surface area contributed by atoms with Gasteiger partial charge in [-0.15, -0.1) is 12.4 Å². The number of H-pyrrole nitrogens is 1. The predicted octanol–water partition coefficient (Wildman–Crippen LogP) is 0.608. The third-order valence-electron chi connectivity index (χ3n) is 4.15. The van der Waals surface area contributed by atoms with E-state index in [2.05, 4.69) is 10.3 Å². The molecule has 0 bridgehead atoms. The van der Waals surface area contributed by atoms with E-state index in [9.17, 15) is 13.2 Å². The molecule has 0 saturated carbocycles. The van der Waals surface area contributed by atoms with Crippen molar-refractivity contribution in [3.8, 4) is 0 Å². The van der Waals surface area contributed by atoms with Crippen LogP contribution in [0.4, 0.5) is 0 Å². The molecule has 2 saturated heterocycles. The van der Waals surface area contributed by atoms with E-state index in [1.807, 2.05) is 6.92 Å². The average Bonchev–Trinajstić information content (AvgIpc) is 3.06. The standard InChI is InChI=1S/C14H22N4O3S2.ClH/c1-11-10-17(3-2-15-11)14(19)13-8-12(9-16-13)23(20,21)18-4-6-22-7-5-18;/h8-9,11,15-16H,2-7,10H2,1H3;1H. The van der Waals surface area contributed by atoms with Gasteiger partial charge >= 0.3 is 0 Å². The quantitative estimate of drug-likeness (QED) is 0.784. The van der Waals surface area contributed by atoms with Gasteiger partial charge in [-0.05, 0) is 13.0 Å². The molecule has 0 aliphatic carbocycles. The first-order chi connectivity index (χ1) is 11.0. The molecule has 0 radical (unpaired) electrons. The molecular formula is C14H23ClN4O3S2. The fourth-order valence-corrected chi connectivity index (χ4v) is 5.44. The lowest BCUT2D eigenvalue weighted by Gasteiger charge is -2.31. The summed E-state index contributed by atoms with van der Waals surface area (Å²) < 4.78 is 26.7. The van der Waals surface area contributed by atoms with Gasteiger partial charge in [-0.1, -0.05) is 0 Å². The van der Waals surface area contributed by atoms with Crippen LogP contribution in [-0.2, 0) is 10.0 Å². The maximum absolute atomic E-state index is 12.6. The van der Waals surface area contributed by atoms with Crippen LogP contribution in [0.2, 0.25) is 0 Å². The van der Waals surface area contributed by atoms with E-state index in [1.165, 1.54) is 16.6 Å². The van der Waals surface area contributed by atoms with Crippen molar-refractivity contribution in [2.24, 2.45) is 0 Å². The summed E-state index contributed by atoms with van der Waals surface area (Å²) in [5.41, 5.74) is 0.337. The molecule has 1 aromatic heterocycles. The summed E-state index contributed by atoms with van der Waals surface area (Å²) in [7, 11) is -3.51. The van der Waals surface area contributed by atoms with Gasteiger partial charge in [-0.25, -0.2) is 8.42 Å². The Morgan fingerprint density at radius 2 is 2.00 bits per heavy atom. The molecule has 3 rings (SSSR count). The molecule has 2 aliphatic heterocycles. The molecule has 0 aromatic carbocycles. The SMILES string of the molecule is CC1CN(C(=O)c2cc(S(=O)(=O)N3CCSCC3)c[nH]2)CCN1.Cl. The number of hydrogen-bond donors (Lipinski definition) is 2. The molecule has 7 nitrogen and oxygen atoms in total. The number of rotatable bonds is 3. The largest absolute Gasteiger partial charge is 0.356 e. The number of sulfonamides is 1. The Morgan fingerprint density at radius 3 is 2.67 bits per heavy atom.